The van der Waals surface area contributed by atoms with Crippen molar-refractivity contribution in [2.75, 3.05) is 4.90 Å². The van der Waals surface area contributed by atoms with Gasteiger partial charge < -0.3 is 9.88 Å². The molecule has 8 heteroatoms. The summed E-state index contributed by atoms with van der Waals surface area (Å²) < 4.78 is 14.9. The second-order valence-corrected chi connectivity index (χ2v) is 6.88. The summed E-state index contributed by atoms with van der Waals surface area (Å²) >= 11 is 0. The van der Waals surface area contributed by atoms with E-state index < -0.39 is 11.9 Å². The van der Waals surface area contributed by atoms with Crippen molar-refractivity contribution >= 4 is 11.7 Å². The van der Waals surface area contributed by atoms with E-state index in [9.17, 15) is 14.1 Å². The number of carbonyl (C=O) groups is 1. The standard InChI is InChI=1S/C23H18FN5O2/c24-21-18(22-25-13-19(26-22)23(30)28-31)11-12-20(27-21)29(14-16-7-3-1-4-8-16)15-17-9-5-2-6-10-17/h1-13H,14-15H2,(H,25,26). The molecule has 1 amide bonds. The third-order valence-electron chi connectivity index (χ3n) is 4.73. The molecule has 0 aliphatic carbocycles. The van der Waals surface area contributed by atoms with Crippen LogP contribution in [0.1, 0.15) is 21.6 Å². The molecule has 7 nitrogen and oxygen atoms in total. The van der Waals surface area contributed by atoms with Crippen molar-refractivity contribution in [3.8, 4) is 11.4 Å². The first-order chi connectivity index (χ1) is 15.1. The Kier molecular flexibility index (Phi) is 5.89. The van der Waals surface area contributed by atoms with Gasteiger partial charge in [-0.25, -0.2) is 9.97 Å². The Morgan fingerprint density at radius 3 is 2.10 bits per heavy atom. The lowest BCUT2D eigenvalue weighted by atomic mass is 10.1. The molecule has 2 aromatic carbocycles. The maximum Gasteiger partial charge on any atom is 0.334 e. The number of H-pyrrole nitrogens is 1. The molecule has 0 saturated carbocycles. The molecule has 0 fully saturated rings. The number of nitrogens with zero attached hydrogens (tertiary/aromatic N) is 4. The molecular formula is C23H18FN5O2. The first-order valence-corrected chi connectivity index (χ1v) is 9.56. The van der Waals surface area contributed by atoms with Crippen molar-refractivity contribution in [1.29, 1.82) is 0 Å². The highest BCUT2D eigenvalue weighted by Gasteiger charge is 2.17. The summed E-state index contributed by atoms with van der Waals surface area (Å²) in [5.74, 6) is -1.18. The summed E-state index contributed by atoms with van der Waals surface area (Å²) in [6, 6.07) is 23.0. The lowest BCUT2D eigenvalue weighted by Crippen LogP contribution is -2.23. The molecule has 0 saturated heterocycles. The van der Waals surface area contributed by atoms with Crippen LogP contribution in [0.3, 0.4) is 0 Å². The summed E-state index contributed by atoms with van der Waals surface area (Å²) in [4.78, 5) is 34.4. The van der Waals surface area contributed by atoms with E-state index in [0.29, 0.717) is 18.9 Å². The van der Waals surface area contributed by atoms with Gasteiger partial charge in [0.15, 0.2) is 0 Å². The number of carbonyl (C=O) groups excluding carboxylic acids is 1. The monoisotopic (exact) mass is 415 g/mol. The van der Waals surface area contributed by atoms with Gasteiger partial charge in [0.25, 0.3) is 0 Å². The first-order valence-electron chi connectivity index (χ1n) is 9.56. The number of rotatable bonds is 7. The van der Waals surface area contributed by atoms with Crippen LogP contribution in [0.5, 0.6) is 0 Å². The highest BCUT2D eigenvalue weighted by molar-refractivity contribution is 5.93. The molecule has 2 aromatic heterocycles. The Labute approximate surface area is 177 Å². The van der Waals surface area contributed by atoms with Gasteiger partial charge in [-0.05, 0) is 23.3 Å². The van der Waals surface area contributed by atoms with Crippen LogP contribution in [0.2, 0.25) is 0 Å². The van der Waals surface area contributed by atoms with E-state index in [1.54, 1.807) is 12.1 Å². The van der Waals surface area contributed by atoms with Gasteiger partial charge in [-0.3, -0.25) is 4.79 Å². The van der Waals surface area contributed by atoms with Crippen LogP contribution in [0.15, 0.2) is 84.2 Å². The predicted octanol–water partition coefficient (Wildman–Crippen LogP) is 4.72. The third kappa shape index (κ3) is 4.69. The van der Waals surface area contributed by atoms with Crippen LogP contribution < -0.4 is 4.90 Å². The molecule has 2 heterocycles. The summed E-state index contributed by atoms with van der Waals surface area (Å²) in [7, 11) is 0. The average molecular weight is 415 g/mol. The average Bonchev–Trinajstić information content (AvgIpc) is 3.29. The smallest absolute Gasteiger partial charge is 0.334 e. The molecule has 0 aliphatic rings. The maximum atomic E-state index is 14.9. The van der Waals surface area contributed by atoms with E-state index in [0.717, 1.165) is 17.3 Å². The van der Waals surface area contributed by atoms with Crippen molar-refractivity contribution in [3.63, 3.8) is 0 Å². The summed E-state index contributed by atoms with van der Waals surface area (Å²) in [6.45, 7) is 1.10. The Balaban J connectivity index is 1.64. The van der Waals surface area contributed by atoms with Crippen LogP contribution in [0.25, 0.3) is 11.4 Å². The zero-order valence-corrected chi connectivity index (χ0v) is 16.4. The van der Waals surface area contributed by atoms with E-state index in [1.165, 1.54) is 0 Å². The maximum absolute atomic E-state index is 14.9. The number of anilines is 1. The Morgan fingerprint density at radius 2 is 1.55 bits per heavy atom. The number of imidazole rings is 1. The zero-order valence-electron chi connectivity index (χ0n) is 16.4. The minimum Gasteiger partial charge on any atom is -0.348 e. The molecular weight excluding hydrogens is 397 g/mol. The number of aromatic nitrogens is 3. The van der Waals surface area contributed by atoms with Gasteiger partial charge in [-0.15, -0.1) is 4.91 Å². The number of pyridine rings is 1. The molecule has 4 rings (SSSR count). The SMILES string of the molecule is O=NC(=O)c1cnc(-c2ccc(N(Cc3ccccc3)Cc3ccccc3)nc2F)[nH]1. The van der Waals surface area contributed by atoms with Crippen LogP contribution in [-0.4, -0.2) is 20.9 Å². The van der Waals surface area contributed by atoms with Gasteiger partial charge in [0.1, 0.15) is 17.3 Å². The van der Waals surface area contributed by atoms with Crippen LogP contribution in [-0.2, 0) is 13.1 Å². The lowest BCUT2D eigenvalue weighted by molar-refractivity contribution is 0.0996. The zero-order chi connectivity index (χ0) is 21.6. The van der Waals surface area contributed by atoms with Crippen molar-refractivity contribution in [3.05, 3.63) is 107 Å². The molecule has 0 bridgehead atoms. The molecule has 31 heavy (non-hydrogen) atoms. The highest BCUT2D eigenvalue weighted by Crippen LogP contribution is 2.24. The predicted molar refractivity (Wildman–Crippen MR) is 115 cm³/mol. The molecule has 1 N–H and O–H groups in total. The van der Waals surface area contributed by atoms with E-state index in [2.05, 4.69) is 20.1 Å². The van der Waals surface area contributed by atoms with E-state index >= 15 is 0 Å². The molecule has 0 aliphatic heterocycles. The molecule has 0 spiro atoms. The summed E-state index contributed by atoms with van der Waals surface area (Å²) in [5, 5.41) is 2.33. The Morgan fingerprint density at radius 1 is 0.935 bits per heavy atom. The normalized spacial score (nSPS) is 10.6. The molecule has 0 atom stereocenters. The van der Waals surface area contributed by atoms with Gasteiger partial charge in [-0.2, -0.15) is 4.39 Å². The van der Waals surface area contributed by atoms with Gasteiger partial charge in [0.05, 0.1) is 11.8 Å². The van der Waals surface area contributed by atoms with E-state index in [1.807, 2.05) is 65.6 Å². The van der Waals surface area contributed by atoms with Gasteiger partial charge in [0, 0.05) is 18.3 Å². The second-order valence-electron chi connectivity index (χ2n) is 6.88. The van der Waals surface area contributed by atoms with E-state index in [-0.39, 0.29) is 17.1 Å². The summed E-state index contributed by atoms with van der Waals surface area (Å²) in [5.41, 5.74) is 2.12. The highest BCUT2D eigenvalue weighted by atomic mass is 19.1. The molecule has 0 radical (unpaired) electrons. The Hall–Kier alpha value is -4.20. The van der Waals surface area contributed by atoms with E-state index in [4.69, 9.17) is 0 Å². The fraction of sp³-hybridized carbons (Fsp3) is 0.0870. The van der Waals surface area contributed by atoms with Crippen LogP contribution in [0, 0.1) is 10.9 Å². The number of aromatic amines is 1. The van der Waals surface area contributed by atoms with Gasteiger partial charge in [-0.1, -0.05) is 60.7 Å². The van der Waals surface area contributed by atoms with Gasteiger partial charge >= 0.3 is 5.91 Å². The molecule has 4 aromatic rings. The first kappa shape index (κ1) is 20.1. The number of nitrogens with one attached hydrogen (secondary N) is 1. The fourth-order valence-corrected chi connectivity index (χ4v) is 3.22. The number of nitroso groups, excluding NO2 is 1. The van der Waals surface area contributed by atoms with Crippen molar-refractivity contribution in [1.82, 2.24) is 15.0 Å². The number of hydrogen-bond donors (Lipinski definition) is 1. The Bertz CT molecular complexity index is 1150. The topological polar surface area (TPSA) is 91.3 Å². The fourth-order valence-electron chi connectivity index (χ4n) is 3.22. The number of amides is 1. The number of benzene rings is 2. The molecule has 154 valence electrons. The summed E-state index contributed by atoms with van der Waals surface area (Å²) in [6.07, 6.45) is 1.14. The number of halogens is 1. The van der Waals surface area contributed by atoms with Crippen molar-refractivity contribution < 1.29 is 9.18 Å². The number of hydrogen-bond acceptors (Lipinski definition) is 5. The minimum absolute atomic E-state index is 0.0908. The third-order valence-corrected chi connectivity index (χ3v) is 4.73. The minimum atomic E-state index is -0.999. The van der Waals surface area contributed by atoms with Crippen LogP contribution in [0.4, 0.5) is 10.2 Å². The largest absolute Gasteiger partial charge is 0.348 e. The molecule has 0 unspecified atom stereocenters. The second kappa shape index (κ2) is 9.08. The van der Waals surface area contributed by atoms with Crippen molar-refractivity contribution in [2.45, 2.75) is 13.1 Å². The van der Waals surface area contributed by atoms with Crippen molar-refractivity contribution in [2.24, 2.45) is 5.18 Å². The van der Waals surface area contributed by atoms with Crippen LogP contribution >= 0.6 is 0 Å². The lowest BCUT2D eigenvalue weighted by Gasteiger charge is -2.24. The quantitative estimate of drug-likeness (QED) is 0.348. The van der Waals surface area contributed by atoms with Gasteiger partial charge in [0.2, 0.25) is 5.95 Å².